The molecule has 0 unspecified atom stereocenters. The van der Waals surface area contributed by atoms with E-state index in [9.17, 15) is 14.7 Å². The first-order chi connectivity index (χ1) is 16.6. The predicted molar refractivity (Wildman–Crippen MR) is 142 cm³/mol. The number of hydrogen-bond acceptors (Lipinski definition) is 3. The first kappa shape index (κ1) is 30.2. The van der Waals surface area contributed by atoms with Crippen molar-refractivity contribution in [2.24, 2.45) is 0 Å². The summed E-state index contributed by atoms with van der Waals surface area (Å²) in [6.07, 6.45) is 23.7. The van der Waals surface area contributed by atoms with Gasteiger partial charge in [0.25, 0.3) is 0 Å². The Morgan fingerprint density at radius 3 is 1.62 bits per heavy atom. The Kier molecular flexibility index (Phi) is 18.2. The summed E-state index contributed by atoms with van der Waals surface area (Å²) in [5, 5.41) is 9.31. The number of aryl methyl sites for hydroxylation is 1. The third-order valence-corrected chi connectivity index (χ3v) is 6.60. The minimum absolute atomic E-state index is 0.233. The zero-order valence-corrected chi connectivity index (χ0v) is 22.0. The monoisotopic (exact) mass is 474 g/mol. The topological polar surface area (TPSA) is 63.6 Å². The molecular formula is C30H50O4. The molecule has 34 heavy (non-hydrogen) atoms. The zero-order chi connectivity index (χ0) is 24.9. The Bertz CT molecular complexity index is 668. The van der Waals surface area contributed by atoms with Gasteiger partial charge in [-0.1, -0.05) is 117 Å². The highest BCUT2D eigenvalue weighted by Crippen LogP contribution is 2.19. The Hall–Kier alpha value is -1.84. The minimum Gasteiger partial charge on any atom is -0.478 e. The molecule has 0 aliphatic carbocycles. The van der Waals surface area contributed by atoms with Gasteiger partial charge in [-0.2, -0.15) is 0 Å². The van der Waals surface area contributed by atoms with Gasteiger partial charge in [-0.05, 0) is 43.0 Å². The number of esters is 1. The van der Waals surface area contributed by atoms with Gasteiger partial charge in [0.1, 0.15) is 0 Å². The molecule has 0 spiro atoms. The molecule has 4 heteroatoms. The molecule has 0 bridgehead atoms. The number of ether oxygens (including phenoxy) is 1. The van der Waals surface area contributed by atoms with Crippen LogP contribution >= 0.6 is 0 Å². The largest absolute Gasteiger partial charge is 0.478 e. The van der Waals surface area contributed by atoms with Gasteiger partial charge in [-0.3, -0.25) is 0 Å². The van der Waals surface area contributed by atoms with Gasteiger partial charge < -0.3 is 9.84 Å². The summed E-state index contributed by atoms with van der Waals surface area (Å²) in [4.78, 5) is 23.8. The summed E-state index contributed by atoms with van der Waals surface area (Å²) in [6.45, 7) is 4.74. The highest BCUT2D eigenvalue weighted by atomic mass is 16.5. The summed E-state index contributed by atoms with van der Waals surface area (Å²) < 4.78 is 5.36. The van der Waals surface area contributed by atoms with Crippen LogP contribution in [0.25, 0.3) is 0 Å². The minimum atomic E-state index is -0.959. The van der Waals surface area contributed by atoms with Crippen LogP contribution in [0.4, 0.5) is 0 Å². The third-order valence-electron chi connectivity index (χ3n) is 6.60. The number of carbonyl (C=O) groups is 2. The van der Waals surface area contributed by atoms with E-state index in [0.717, 1.165) is 37.7 Å². The number of rotatable bonds is 22. The molecule has 1 aromatic carbocycles. The number of carboxylic acid groups (broad SMARTS) is 1. The fourth-order valence-corrected chi connectivity index (χ4v) is 4.38. The van der Waals surface area contributed by atoms with E-state index in [2.05, 4.69) is 13.8 Å². The quantitative estimate of drug-likeness (QED) is 0.134. The maximum absolute atomic E-state index is 12.4. The summed E-state index contributed by atoms with van der Waals surface area (Å²) in [7, 11) is 0. The van der Waals surface area contributed by atoms with Crippen LogP contribution in [0.1, 0.15) is 156 Å². The molecule has 0 radical (unpaired) electrons. The highest BCUT2D eigenvalue weighted by Gasteiger charge is 2.15. The molecule has 194 valence electrons. The SMILES string of the molecule is CCCCCCCCCCCCCCCCCCc1cc(C(=O)O)ccc1C(=O)OCCCC. The molecule has 1 aromatic rings. The number of carbonyl (C=O) groups excluding carboxylic acids is 1. The average Bonchev–Trinajstić information content (AvgIpc) is 2.83. The van der Waals surface area contributed by atoms with E-state index in [4.69, 9.17) is 4.74 Å². The van der Waals surface area contributed by atoms with Crippen LogP contribution in [-0.4, -0.2) is 23.7 Å². The fourth-order valence-electron chi connectivity index (χ4n) is 4.38. The van der Waals surface area contributed by atoms with Crippen molar-refractivity contribution in [2.75, 3.05) is 6.61 Å². The molecule has 0 saturated carbocycles. The lowest BCUT2D eigenvalue weighted by Gasteiger charge is -2.11. The van der Waals surface area contributed by atoms with Crippen molar-refractivity contribution in [3.8, 4) is 0 Å². The molecule has 4 nitrogen and oxygen atoms in total. The second kappa shape index (κ2) is 20.5. The Morgan fingerprint density at radius 2 is 1.15 bits per heavy atom. The molecular weight excluding hydrogens is 424 g/mol. The van der Waals surface area contributed by atoms with E-state index in [1.807, 2.05) is 0 Å². The van der Waals surface area contributed by atoms with Gasteiger partial charge in [-0.15, -0.1) is 0 Å². The molecule has 0 heterocycles. The Balaban J connectivity index is 2.17. The van der Waals surface area contributed by atoms with Gasteiger partial charge in [0.2, 0.25) is 0 Å². The predicted octanol–water partition coefficient (Wildman–Crippen LogP) is 9.15. The van der Waals surface area contributed by atoms with Crippen molar-refractivity contribution in [3.05, 3.63) is 34.9 Å². The molecule has 0 saturated heterocycles. The summed E-state index contributed by atoms with van der Waals surface area (Å²) in [6, 6.07) is 4.75. The molecule has 1 N–H and O–H groups in total. The number of unbranched alkanes of at least 4 members (excludes halogenated alkanes) is 16. The highest BCUT2D eigenvalue weighted by molar-refractivity contribution is 5.94. The fraction of sp³-hybridized carbons (Fsp3) is 0.733. The van der Waals surface area contributed by atoms with Gasteiger partial charge in [0, 0.05) is 0 Å². The lowest BCUT2D eigenvalue weighted by atomic mass is 9.98. The van der Waals surface area contributed by atoms with Crippen molar-refractivity contribution in [1.82, 2.24) is 0 Å². The Morgan fingerprint density at radius 1 is 0.676 bits per heavy atom. The van der Waals surface area contributed by atoms with Crippen LogP contribution < -0.4 is 0 Å². The normalized spacial score (nSPS) is 11.0. The lowest BCUT2D eigenvalue weighted by molar-refractivity contribution is 0.0497. The standard InChI is InChI=1S/C30H50O4/c1-3-5-7-8-9-10-11-12-13-14-15-16-17-18-19-20-21-26-25-27(29(31)32)22-23-28(26)30(33)34-24-6-4-2/h22-23,25H,3-21,24H2,1-2H3,(H,31,32). The van der Waals surface area contributed by atoms with Crippen LogP contribution in [0.5, 0.6) is 0 Å². The maximum atomic E-state index is 12.4. The first-order valence-corrected chi connectivity index (χ1v) is 14.1. The molecule has 0 fully saturated rings. The van der Waals surface area contributed by atoms with Crippen LogP contribution in [0.15, 0.2) is 18.2 Å². The molecule has 0 aliphatic rings. The van der Waals surface area contributed by atoms with E-state index >= 15 is 0 Å². The van der Waals surface area contributed by atoms with E-state index in [1.54, 1.807) is 12.1 Å². The van der Waals surface area contributed by atoms with E-state index in [0.29, 0.717) is 12.2 Å². The summed E-state index contributed by atoms with van der Waals surface area (Å²) in [5.74, 6) is -1.30. The summed E-state index contributed by atoms with van der Waals surface area (Å²) >= 11 is 0. The van der Waals surface area contributed by atoms with Crippen LogP contribution in [0, 0.1) is 0 Å². The second-order valence-corrected chi connectivity index (χ2v) is 9.72. The van der Waals surface area contributed by atoms with E-state index in [1.165, 1.54) is 96.0 Å². The van der Waals surface area contributed by atoms with Crippen LogP contribution in [0.2, 0.25) is 0 Å². The average molecular weight is 475 g/mol. The van der Waals surface area contributed by atoms with Gasteiger partial charge >= 0.3 is 11.9 Å². The number of benzene rings is 1. The number of aromatic carboxylic acids is 1. The molecule has 1 rings (SSSR count). The van der Waals surface area contributed by atoms with Crippen LogP contribution in [-0.2, 0) is 11.2 Å². The molecule has 0 aliphatic heterocycles. The first-order valence-electron chi connectivity index (χ1n) is 14.1. The van der Waals surface area contributed by atoms with Crippen molar-refractivity contribution in [2.45, 2.75) is 136 Å². The zero-order valence-electron chi connectivity index (χ0n) is 22.0. The number of carboxylic acids is 1. The smallest absolute Gasteiger partial charge is 0.338 e. The van der Waals surface area contributed by atoms with Crippen molar-refractivity contribution >= 4 is 11.9 Å². The van der Waals surface area contributed by atoms with Crippen molar-refractivity contribution in [3.63, 3.8) is 0 Å². The lowest BCUT2D eigenvalue weighted by Crippen LogP contribution is -2.11. The summed E-state index contributed by atoms with van der Waals surface area (Å²) in [5.41, 5.74) is 1.55. The van der Waals surface area contributed by atoms with Gasteiger partial charge in [0.15, 0.2) is 0 Å². The third kappa shape index (κ3) is 14.4. The molecule has 0 atom stereocenters. The van der Waals surface area contributed by atoms with E-state index < -0.39 is 5.97 Å². The Labute approximate surface area is 208 Å². The van der Waals surface area contributed by atoms with Crippen molar-refractivity contribution in [1.29, 1.82) is 0 Å². The van der Waals surface area contributed by atoms with Gasteiger partial charge in [0.05, 0.1) is 17.7 Å². The van der Waals surface area contributed by atoms with E-state index in [-0.39, 0.29) is 11.5 Å². The molecule has 0 amide bonds. The van der Waals surface area contributed by atoms with Crippen molar-refractivity contribution < 1.29 is 19.4 Å². The van der Waals surface area contributed by atoms with Crippen LogP contribution in [0.3, 0.4) is 0 Å². The molecule has 0 aromatic heterocycles. The van der Waals surface area contributed by atoms with Gasteiger partial charge in [-0.25, -0.2) is 9.59 Å². The maximum Gasteiger partial charge on any atom is 0.338 e. The number of hydrogen-bond donors (Lipinski definition) is 1. The second-order valence-electron chi connectivity index (χ2n) is 9.72.